The Morgan fingerprint density at radius 2 is 1.94 bits per heavy atom. The molecule has 7 heteroatoms. The number of likely N-dealkylation sites (tertiary alicyclic amines) is 1. The summed E-state index contributed by atoms with van der Waals surface area (Å²) in [4.78, 5) is 34.6. The number of carboxylic acid groups (broad SMARTS) is 1. The first-order valence-electron chi connectivity index (χ1n) is 5.49. The molecule has 0 aromatic carbocycles. The minimum atomic E-state index is -1.02. The fourth-order valence-corrected chi connectivity index (χ4v) is 1.52. The molecule has 0 saturated carbocycles. The molecule has 0 bridgehead atoms. The van der Waals surface area contributed by atoms with Crippen molar-refractivity contribution in [2.45, 2.75) is 20.3 Å². The third-order valence-corrected chi connectivity index (χ3v) is 2.66. The van der Waals surface area contributed by atoms with Crippen LogP contribution in [0, 0.1) is 11.8 Å². The van der Waals surface area contributed by atoms with Gasteiger partial charge in [-0.2, -0.15) is 0 Å². The molecule has 0 radical (unpaired) electrons. The largest absolute Gasteiger partial charge is 0.465 e. The van der Waals surface area contributed by atoms with E-state index in [4.69, 9.17) is 5.11 Å². The van der Waals surface area contributed by atoms with Crippen LogP contribution in [0.3, 0.4) is 0 Å². The van der Waals surface area contributed by atoms with E-state index in [1.165, 1.54) is 4.90 Å². The number of hydrogen-bond donors (Lipinski definition) is 3. The summed E-state index contributed by atoms with van der Waals surface area (Å²) in [5.41, 5.74) is 4.61. The Bertz CT molecular complexity index is 330. The van der Waals surface area contributed by atoms with Gasteiger partial charge >= 0.3 is 6.09 Å². The van der Waals surface area contributed by atoms with Gasteiger partial charge in [-0.1, -0.05) is 13.8 Å². The highest BCUT2D eigenvalue weighted by molar-refractivity contribution is 5.84. The number of hydrogen-bond acceptors (Lipinski definition) is 3. The molecule has 17 heavy (non-hydrogen) atoms. The SMILES string of the molecule is CC(C)C(=O)NNC(=O)C1CCN(C(=O)O)C1. The van der Waals surface area contributed by atoms with Gasteiger partial charge in [0, 0.05) is 19.0 Å². The molecule has 1 heterocycles. The Labute approximate surface area is 99.1 Å². The first kappa shape index (κ1) is 13.3. The highest BCUT2D eigenvalue weighted by Crippen LogP contribution is 2.15. The number of nitrogens with one attached hydrogen (secondary N) is 2. The minimum absolute atomic E-state index is 0.179. The molecule has 96 valence electrons. The number of carbonyl (C=O) groups excluding carboxylic acids is 2. The number of hydrazine groups is 1. The zero-order valence-corrected chi connectivity index (χ0v) is 9.90. The summed E-state index contributed by atoms with van der Waals surface area (Å²) in [6, 6.07) is 0. The summed E-state index contributed by atoms with van der Waals surface area (Å²) in [6.07, 6.45) is -0.540. The number of rotatable bonds is 2. The topological polar surface area (TPSA) is 98.7 Å². The first-order valence-corrected chi connectivity index (χ1v) is 5.49. The zero-order valence-electron chi connectivity index (χ0n) is 9.90. The monoisotopic (exact) mass is 243 g/mol. The second kappa shape index (κ2) is 5.51. The second-order valence-electron chi connectivity index (χ2n) is 4.35. The lowest BCUT2D eigenvalue weighted by molar-refractivity contribution is -0.132. The van der Waals surface area contributed by atoms with Crippen LogP contribution >= 0.6 is 0 Å². The van der Waals surface area contributed by atoms with Crippen molar-refractivity contribution in [1.82, 2.24) is 15.8 Å². The van der Waals surface area contributed by atoms with Crippen LogP contribution in [0.25, 0.3) is 0 Å². The smallest absolute Gasteiger partial charge is 0.407 e. The van der Waals surface area contributed by atoms with Gasteiger partial charge < -0.3 is 10.0 Å². The van der Waals surface area contributed by atoms with Gasteiger partial charge in [0.25, 0.3) is 0 Å². The summed E-state index contributed by atoms with van der Waals surface area (Å²) < 4.78 is 0. The van der Waals surface area contributed by atoms with Gasteiger partial charge in [0.2, 0.25) is 11.8 Å². The highest BCUT2D eigenvalue weighted by atomic mass is 16.4. The maximum absolute atomic E-state index is 11.6. The van der Waals surface area contributed by atoms with E-state index in [0.29, 0.717) is 13.0 Å². The lowest BCUT2D eigenvalue weighted by Gasteiger charge is -2.13. The summed E-state index contributed by atoms with van der Waals surface area (Å²) >= 11 is 0. The molecule has 7 nitrogen and oxygen atoms in total. The quantitative estimate of drug-likeness (QED) is 0.584. The molecule has 0 aliphatic carbocycles. The van der Waals surface area contributed by atoms with E-state index in [1.807, 2.05) is 0 Å². The van der Waals surface area contributed by atoms with Crippen molar-refractivity contribution in [2.75, 3.05) is 13.1 Å². The van der Waals surface area contributed by atoms with Crippen LogP contribution in [0.5, 0.6) is 0 Å². The molecule has 1 aliphatic heterocycles. The Kier molecular flexibility index (Phi) is 4.30. The minimum Gasteiger partial charge on any atom is -0.465 e. The average Bonchev–Trinajstić information content (AvgIpc) is 2.74. The zero-order chi connectivity index (χ0) is 13.0. The molecule has 1 fully saturated rings. The van der Waals surface area contributed by atoms with Gasteiger partial charge in [0.05, 0.1) is 5.92 Å². The van der Waals surface area contributed by atoms with Crippen molar-refractivity contribution in [3.63, 3.8) is 0 Å². The van der Waals surface area contributed by atoms with Crippen molar-refractivity contribution in [1.29, 1.82) is 0 Å². The van der Waals surface area contributed by atoms with E-state index in [0.717, 1.165) is 0 Å². The summed E-state index contributed by atoms with van der Waals surface area (Å²) in [5, 5.41) is 8.73. The van der Waals surface area contributed by atoms with Crippen LogP contribution in [0.2, 0.25) is 0 Å². The maximum atomic E-state index is 11.6. The van der Waals surface area contributed by atoms with Crippen LogP contribution in [0.15, 0.2) is 0 Å². The molecule has 1 aliphatic rings. The van der Waals surface area contributed by atoms with E-state index >= 15 is 0 Å². The van der Waals surface area contributed by atoms with E-state index in [9.17, 15) is 14.4 Å². The molecule has 1 unspecified atom stereocenters. The van der Waals surface area contributed by atoms with E-state index in [-0.39, 0.29) is 24.3 Å². The number of amides is 3. The first-order chi connectivity index (χ1) is 7.91. The lowest BCUT2D eigenvalue weighted by Crippen LogP contribution is -2.46. The highest BCUT2D eigenvalue weighted by Gasteiger charge is 2.31. The predicted molar refractivity (Wildman–Crippen MR) is 58.8 cm³/mol. The van der Waals surface area contributed by atoms with E-state index in [2.05, 4.69) is 10.9 Å². The van der Waals surface area contributed by atoms with Crippen molar-refractivity contribution < 1.29 is 19.5 Å². The van der Waals surface area contributed by atoms with Crippen LogP contribution in [0.1, 0.15) is 20.3 Å². The third-order valence-electron chi connectivity index (χ3n) is 2.66. The molecule has 1 saturated heterocycles. The summed E-state index contributed by atoms with van der Waals surface area (Å²) in [7, 11) is 0. The Hall–Kier alpha value is -1.79. The molecular weight excluding hydrogens is 226 g/mol. The van der Waals surface area contributed by atoms with Crippen molar-refractivity contribution >= 4 is 17.9 Å². The van der Waals surface area contributed by atoms with Crippen molar-refractivity contribution in [3.05, 3.63) is 0 Å². The fraction of sp³-hybridized carbons (Fsp3) is 0.700. The summed E-state index contributed by atoms with van der Waals surface area (Å²) in [5.74, 6) is -1.22. The Balaban J connectivity index is 2.35. The van der Waals surface area contributed by atoms with Gasteiger partial charge in [-0.3, -0.25) is 20.4 Å². The van der Waals surface area contributed by atoms with Gasteiger partial charge in [-0.15, -0.1) is 0 Å². The maximum Gasteiger partial charge on any atom is 0.407 e. The van der Waals surface area contributed by atoms with Crippen LogP contribution in [0.4, 0.5) is 4.79 Å². The molecule has 1 rings (SSSR count). The van der Waals surface area contributed by atoms with Gasteiger partial charge in [0.15, 0.2) is 0 Å². The molecular formula is C10H17N3O4. The lowest BCUT2D eigenvalue weighted by atomic mass is 10.1. The average molecular weight is 243 g/mol. The second-order valence-corrected chi connectivity index (χ2v) is 4.35. The van der Waals surface area contributed by atoms with Crippen LogP contribution in [-0.4, -0.2) is 41.0 Å². The standard InChI is InChI=1S/C10H17N3O4/c1-6(2)8(14)11-12-9(15)7-3-4-13(5-7)10(16)17/h6-7H,3-5H2,1-2H3,(H,11,14)(H,12,15)(H,16,17). The number of carbonyl (C=O) groups is 3. The number of nitrogens with zero attached hydrogens (tertiary/aromatic N) is 1. The molecule has 3 amide bonds. The van der Waals surface area contributed by atoms with Gasteiger partial charge in [-0.05, 0) is 6.42 Å². The van der Waals surface area contributed by atoms with Gasteiger partial charge in [-0.25, -0.2) is 4.79 Å². The molecule has 0 aromatic heterocycles. The van der Waals surface area contributed by atoms with E-state index in [1.54, 1.807) is 13.8 Å². The van der Waals surface area contributed by atoms with Crippen LogP contribution < -0.4 is 10.9 Å². The summed E-state index contributed by atoms with van der Waals surface area (Å²) in [6.45, 7) is 3.96. The predicted octanol–water partition coefficient (Wildman–Crippen LogP) is -0.210. The third kappa shape index (κ3) is 3.61. The Morgan fingerprint density at radius 3 is 2.41 bits per heavy atom. The molecule has 0 aromatic rings. The molecule has 3 N–H and O–H groups in total. The molecule has 1 atom stereocenters. The molecule has 0 spiro atoms. The normalized spacial score (nSPS) is 19.2. The Morgan fingerprint density at radius 1 is 1.29 bits per heavy atom. The van der Waals surface area contributed by atoms with Crippen molar-refractivity contribution in [2.24, 2.45) is 11.8 Å². The van der Waals surface area contributed by atoms with E-state index < -0.39 is 12.0 Å². The van der Waals surface area contributed by atoms with Crippen molar-refractivity contribution in [3.8, 4) is 0 Å². The van der Waals surface area contributed by atoms with Crippen LogP contribution in [-0.2, 0) is 9.59 Å². The fourth-order valence-electron chi connectivity index (χ4n) is 1.52. The van der Waals surface area contributed by atoms with Gasteiger partial charge in [0.1, 0.15) is 0 Å².